The van der Waals surface area contributed by atoms with Gasteiger partial charge in [0.05, 0.1) is 10.8 Å². The van der Waals surface area contributed by atoms with Crippen LogP contribution in [-0.4, -0.2) is 70.1 Å². The summed E-state index contributed by atoms with van der Waals surface area (Å²) in [6.07, 6.45) is 0.692. The number of carbonyl (C=O) groups excluding carboxylic acids is 1. The lowest BCUT2D eigenvalue weighted by atomic mass is 9.90. The highest BCUT2D eigenvalue weighted by molar-refractivity contribution is 7.92. The molecule has 4 rings (SSSR count). The molecular formula is C27H33F2N3O5S2. The molecular weight excluding hydrogens is 548 g/mol. The van der Waals surface area contributed by atoms with Crippen molar-refractivity contribution in [3.8, 4) is 0 Å². The average molecular weight is 582 g/mol. The molecule has 2 aliphatic heterocycles. The Morgan fingerprint density at radius 3 is 2.28 bits per heavy atom. The number of carbonyl (C=O) groups is 1. The maximum Gasteiger partial charge on any atom is 0.251 e. The fourth-order valence-corrected chi connectivity index (χ4v) is 7.32. The van der Waals surface area contributed by atoms with Gasteiger partial charge in [0.15, 0.2) is 0 Å². The van der Waals surface area contributed by atoms with Gasteiger partial charge in [-0.2, -0.15) is 4.31 Å². The topological polar surface area (TPSA) is 104 Å². The number of likely N-dealkylation sites (tertiary alicyclic amines) is 1. The van der Waals surface area contributed by atoms with Crippen LogP contribution in [0.3, 0.4) is 0 Å². The van der Waals surface area contributed by atoms with E-state index in [2.05, 4.69) is 11.3 Å². The smallest absolute Gasteiger partial charge is 0.251 e. The third-order valence-electron chi connectivity index (χ3n) is 7.34. The summed E-state index contributed by atoms with van der Waals surface area (Å²) in [7, 11) is -7.61. The average Bonchev–Trinajstić information content (AvgIpc) is 3.41. The number of benzene rings is 2. The molecule has 0 spiro atoms. The first kappa shape index (κ1) is 29.3. The number of nitrogens with one attached hydrogen (secondary N) is 1. The van der Waals surface area contributed by atoms with Crippen molar-refractivity contribution in [2.45, 2.75) is 54.9 Å². The molecule has 39 heavy (non-hydrogen) atoms. The van der Waals surface area contributed by atoms with E-state index in [1.807, 2.05) is 30.3 Å². The SMILES string of the molecule is C=CS(=O)(=O)NCC1CCCN1S(=O)(=O)c1ccc(C(Cc2ccccc2)C(=O)N2CCC(F)(F)CC2)cc1. The molecule has 2 heterocycles. The summed E-state index contributed by atoms with van der Waals surface area (Å²) in [5.41, 5.74) is 1.49. The number of amides is 1. The number of halogens is 2. The van der Waals surface area contributed by atoms with Crippen molar-refractivity contribution in [2.75, 3.05) is 26.2 Å². The van der Waals surface area contributed by atoms with Crippen molar-refractivity contribution in [3.63, 3.8) is 0 Å². The number of alkyl halides is 2. The number of nitrogens with zero attached hydrogens (tertiary/aromatic N) is 2. The Kier molecular flexibility index (Phi) is 8.89. The lowest BCUT2D eigenvalue weighted by molar-refractivity contribution is -0.138. The quantitative estimate of drug-likeness (QED) is 0.463. The summed E-state index contributed by atoms with van der Waals surface area (Å²) >= 11 is 0. The van der Waals surface area contributed by atoms with E-state index in [-0.39, 0.29) is 49.8 Å². The van der Waals surface area contributed by atoms with Crippen molar-refractivity contribution in [3.05, 3.63) is 77.7 Å². The van der Waals surface area contributed by atoms with Gasteiger partial charge in [0, 0.05) is 50.5 Å². The third kappa shape index (κ3) is 7.10. The lowest BCUT2D eigenvalue weighted by Gasteiger charge is -2.34. The maximum atomic E-state index is 13.7. The Labute approximate surface area is 228 Å². The van der Waals surface area contributed by atoms with Crippen LogP contribution in [0.5, 0.6) is 0 Å². The highest BCUT2D eigenvalue weighted by atomic mass is 32.2. The molecule has 2 aromatic rings. The molecule has 12 heteroatoms. The molecule has 2 saturated heterocycles. The number of piperidine rings is 1. The predicted octanol–water partition coefficient (Wildman–Crippen LogP) is 3.49. The van der Waals surface area contributed by atoms with Crippen molar-refractivity contribution in [2.24, 2.45) is 0 Å². The van der Waals surface area contributed by atoms with E-state index >= 15 is 0 Å². The molecule has 0 aromatic heterocycles. The Morgan fingerprint density at radius 1 is 1.03 bits per heavy atom. The van der Waals surface area contributed by atoms with Crippen LogP contribution in [0.15, 0.2) is 71.5 Å². The van der Waals surface area contributed by atoms with Crippen LogP contribution in [0.1, 0.15) is 42.7 Å². The van der Waals surface area contributed by atoms with E-state index in [1.165, 1.54) is 21.3 Å². The standard InChI is InChI=1S/C27H33F2N3O5S2/c1-2-38(34,35)30-20-23-9-6-16-32(23)39(36,37)24-12-10-22(11-13-24)25(19-21-7-4-3-5-8-21)26(33)31-17-14-27(28,29)15-18-31/h2-5,7-8,10-13,23,25,30H,1,6,9,14-20H2. The number of rotatable bonds is 10. The summed E-state index contributed by atoms with van der Waals surface area (Å²) in [5.74, 6) is -3.71. The van der Waals surface area contributed by atoms with Crippen LogP contribution in [-0.2, 0) is 31.3 Å². The second kappa shape index (κ2) is 11.8. The molecule has 0 radical (unpaired) electrons. The zero-order valence-electron chi connectivity index (χ0n) is 21.5. The number of hydrogen-bond acceptors (Lipinski definition) is 5. The molecule has 2 aromatic carbocycles. The summed E-state index contributed by atoms with van der Waals surface area (Å²) in [4.78, 5) is 15.0. The minimum Gasteiger partial charge on any atom is -0.342 e. The van der Waals surface area contributed by atoms with Gasteiger partial charge in [0.1, 0.15) is 0 Å². The normalized spacial score (nSPS) is 21.0. The first-order chi connectivity index (χ1) is 18.4. The van der Waals surface area contributed by atoms with Gasteiger partial charge in [-0.05, 0) is 42.5 Å². The first-order valence-corrected chi connectivity index (χ1v) is 15.8. The molecule has 212 valence electrons. The van der Waals surface area contributed by atoms with Crippen LogP contribution in [0.25, 0.3) is 0 Å². The first-order valence-electron chi connectivity index (χ1n) is 12.9. The van der Waals surface area contributed by atoms with Gasteiger partial charge in [0.2, 0.25) is 26.0 Å². The van der Waals surface area contributed by atoms with Crippen molar-refractivity contribution in [1.82, 2.24) is 13.9 Å². The Bertz CT molecular complexity index is 1370. The monoisotopic (exact) mass is 581 g/mol. The zero-order valence-corrected chi connectivity index (χ0v) is 23.1. The number of sulfonamides is 2. The van der Waals surface area contributed by atoms with Crippen LogP contribution in [0.4, 0.5) is 8.78 Å². The van der Waals surface area contributed by atoms with Gasteiger partial charge in [-0.1, -0.05) is 49.0 Å². The van der Waals surface area contributed by atoms with Crippen LogP contribution >= 0.6 is 0 Å². The molecule has 1 N–H and O–H groups in total. The lowest BCUT2D eigenvalue weighted by Crippen LogP contribution is -2.45. The van der Waals surface area contributed by atoms with E-state index in [0.717, 1.165) is 11.0 Å². The van der Waals surface area contributed by atoms with Crippen LogP contribution in [0, 0.1) is 0 Å². The van der Waals surface area contributed by atoms with E-state index in [1.54, 1.807) is 12.1 Å². The fourth-order valence-electron chi connectivity index (χ4n) is 5.08. The van der Waals surface area contributed by atoms with Crippen molar-refractivity contribution in [1.29, 1.82) is 0 Å². The minimum atomic E-state index is -3.92. The van der Waals surface area contributed by atoms with Crippen molar-refractivity contribution >= 4 is 26.0 Å². The third-order valence-corrected chi connectivity index (χ3v) is 10.3. The second-order valence-electron chi connectivity index (χ2n) is 9.96. The highest BCUT2D eigenvalue weighted by Gasteiger charge is 2.38. The summed E-state index contributed by atoms with van der Waals surface area (Å²) in [6, 6.07) is 14.9. The molecule has 2 aliphatic rings. The Balaban J connectivity index is 1.55. The van der Waals surface area contributed by atoms with Gasteiger partial charge in [-0.25, -0.2) is 30.3 Å². The molecule has 0 aliphatic carbocycles. The van der Waals surface area contributed by atoms with Gasteiger partial charge in [-0.3, -0.25) is 4.79 Å². The Hall–Kier alpha value is -2.67. The highest BCUT2D eigenvalue weighted by Crippen LogP contribution is 2.32. The van der Waals surface area contributed by atoms with Crippen LogP contribution in [0.2, 0.25) is 0 Å². The van der Waals surface area contributed by atoms with E-state index in [9.17, 15) is 30.4 Å². The zero-order chi connectivity index (χ0) is 28.3. The summed E-state index contributed by atoms with van der Waals surface area (Å²) < 4.78 is 81.5. The minimum absolute atomic E-state index is 0.0322. The molecule has 2 atom stereocenters. The molecule has 1 amide bonds. The molecule has 8 nitrogen and oxygen atoms in total. The van der Waals surface area contributed by atoms with Gasteiger partial charge >= 0.3 is 0 Å². The second-order valence-corrected chi connectivity index (χ2v) is 13.6. The largest absolute Gasteiger partial charge is 0.342 e. The summed E-state index contributed by atoms with van der Waals surface area (Å²) in [6.45, 7) is 3.38. The van der Waals surface area contributed by atoms with E-state index in [0.29, 0.717) is 24.8 Å². The van der Waals surface area contributed by atoms with Gasteiger partial charge in [-0.15, -0.1) is 0 Å². The molecule has 0 bridgehead atoms. The van der Waals surface area contributed by atoms with E-state index < -0.39 is 37.9 Å². The fraction of sp³-hybridized carbons (Fsp3) is 0.444. The maximum absolute atomic E-state index is 13.7. The summed E-state index contributed by atoms with van der Waals surface area (Å²) in [5, 5.41) is 0.780. The Morgan fingerprint density at radius 2 is 1.67 bits per heavy atom. The van der Waals surface area contributed by atoms with Crippen molar-refractivity contribution < 1.29 is 30.4 Å². The molecule has 2 fully saturated rings. The van der Waals surface area contributed by atoms with Gasteiger partial charge < -0.3 is 4.90 Å². The molecule has 2 unspecified atom stereocenters. The molecule has 0 saturated carbocycles. The van der Waals surface area contributed by atoms with E-state index in [4.69, 9.17) is 0 Å². The predicted molar refractivity (Wildman–Crippen MR) is 144 cm³/mol. The van der Waals surface area contributed by atoms with Gasteiger partial charge in [0.25, 0.3) is 5.92 Å². The van der Waals surface area contributed by atoms with Crippen LogP contribution < -0.4 is 4.72 Å². The number of hydrogen-bond donors (Lipinski definition) is 1.